The Balaban J connectivity index is 2.22. The minimum Gasteiger partial charge on any atom is -0.396 e. The molecule has 0 saturated heterocycles. The van der Waals surface area contributed by atoms with Gasteiger partial charge in [0, 0.05) is 6.20 Å². The van der Waals surface area contributed by atoms with Gasteiger partial charge >= 0.3 is 0 Å². The molecule has 0 aromatic carbocycles. The molecule has 0 amide bonds. The molecule has 76 valence electrons. The maximum Gasteiger partial charge on any atom is 0.149 e. The van der Waals surface area contributed by atoms with Gasteiger partial charge in [-0.1, -0.05) is 6.07 Å². The molecule has 0 spiro atoms. The molecule has 5 nitrogen and oxygen atoms in total. The number of pyridine rings is 2. The highest BCUT2D eigenvalue weighted by molar-refractivity contribution is 5.63. The van der Waals surface area contributed by atoms with Crippen LogP contribution in [0, 0.1) is 0 Å². The summed E-state index contributed by atoms with van der Waals surface area (Å²) in [7, 11) is 0. The molecule has 0 bridgehead atoms. The van der Waals surface area contributed by atoms with E-state index in [0.717, 1.165) is 0 Å². The molecule has 2 rings (SSSR count). The first-order chi connectivity index (χ1) is 7.25. The van der Waals surface area contributed by atoms with Crippen molar-refractivity contribution in [2.45, 2.75) is 0 Å². The molecule has 0 atom stereocenters. The van der Waals surface area contributed by atoms with Gasteiger partial charge in [-0.3, -0.25) is 0 Å². The monoisotopic (exact) mass is 201 g/mol. The van der Waals surface area contributed by atoms with Crippen molar-refractivity contribution in [1.82, 2.24) is 9.97 Å². The second-order valence-corrected chi connectivity index (χ2v) is 3.01. The van der Waals surface area contributed by atoms with Crippen molar-refractivity contribution < 1.29 is 0 Å². The lowest BCUT2D eigenvalue weighted by atomic mass is 10.4. The third-order valence-electron chi connectivity index (χ3n) is 1.88. The lowest BCUT2D eigenvalue weighted by molar-refractivity contribution is 1.26. The number of anilines is 4. The minimum atomic E-state index is 0.316. The van der Waals surface area contributed by atoms with Crippen molar-refractivity contribution in [3.63, 3.8) is 0 Å². The lowest BCUT2D eigenvalue weighted by Crippen LogP contribution is -2.01. The first-order valence-corrected chi connectivity index (χ1v) is 4.46. The molecule has 5 heteroatoms. The van der Waals surface area contributed by atoms with Gasteiger partial charge in [-0.15, -0.1) is 0 Å². The van der Waals surface area contributed by atoms with Crippen molar-refractivity contribution in [3.8, 4) is 0 Å². The van der Waals surface area contributed by atoms with Crippen LogP contribution in [0.1, 0.15) is 0 Å². The van der Waals surface area contributed by atoms with Crippen LogP contribution in [0.4, 0.5) is 23.1 Å². The number of nitrogens with zero attached hydrogens (tertiary/aromatic N) is 2. The Kier molecular flexibility index (Phi) is 2.37. The molecule has 0 fully saturated rings. The number of rotatable bonds is 2. The van der Waals surface area contributed by atoms with E-state index in [-0.39, 0.29) is 0 Å². The van der Waals surface area contributed by atoms with E-state index in [1.54, 1.807) is 18.3 Å². The third kappa shape index (κ3) is 2.14. The summed E-state index contributed by atoms with van der Waals surface area (Å²) in [6.07, 6.45) is 1.70. The standard InChI is InChI=1S/C10H11N5/c11-7-4-5-9(15-10(7)12)14-8-3-1-2-6-13-8/h1-6H,11H2,(H3,12,13,14,15). The zero-order chi connectivity index (χ0) is 10.7. The van der Waals surface area contributed by atoms with Crippen molar-refractivity contribution in [1.29, 1.82) is 0 Å². The van der Waals surface area contributed by atoms with Gasteiger partial charge in [-0.25, -0.2) is 9.97 Å². The quantitative estimate of drug-likeness (QED) is 0.683. The average molecular weight is 201 g/mol. The number of nitrogens with one attached hydrogen (secondary N) is 1. The normalized spacial score (nSPS) is 9.87. The Bertz CT molecular complexity index is 455. The van der Waals surface area contributed by atoms with E-state index in [9.17, 15) is 0 Å². The fourth-order valence-electron chi connectivity index (χ4n) is 1.12. The maximum atomic E-state index is 5.58. The van der Waals surface area contributed by atoms with Crippen LogP contribution in [0.3, 0.4) is 0 Å². The van der Waals surface area contributed by atoms with Crippen LogP contribution in [0.5, 0.6) is 0 Å². The van der Waals surface area contributed by atoms with E-state index in [4.69, 9.17) is 11.5 Å². The fourth-order valence-corrected chi connectivity index (χ4v) is 1.12. The van der Waals surface area contributed by atoms with Crippen LogP contribution in [0.25, 0.3) is 0 Å². The van der Waals surface area contributed by atoms with E-state index in [1.165, 1.54) is 0 Å². The summed E-state index contributed by atoms with van der Waals surface area (Å²) in [6.45, 7) is 0. The predicted molar refractivity (Wildman–Crippen MR) is 60.6 cm³/mol. The van der Waals surface area contributed by atoms with E-state index < -0.39 is 0 Å². The molecule has 0 aliphatic rings. The van der Waals surface area contributed by atoms with E-state index >= 15 is 0 Å². The summed E-state index contributed by atoms with van der Waals surface area (Å²) in [5.74, 6) is 1.66. The SMILES string of the molecule is Nc1ccc(Nc2ccccn2)nc1N. The van der Waals surface area contributed by atoms with Gasteiger partial charge in [-0.2, -0.15) is 0 Å². The summed E-state index contributed by atoms with van der Waals surface area (Å²) in [6, 6.07) is 9.02. The third-order valence-corrected chi connectivity index (χ3v) is 1.88. The largest absolute Gasteiger partial charge is 0.396 e. The molecule has 2 aromatic rings. The van der Waals surface area contributed by atoms with Crippen molar-refractivity contribution in [2.24, 2.45) is 0 Å². The first kappa shape index (κ1) is 9.26. The van der Waals surface area contributed by atoms with Gasteiger partial charge in [0.1, 0.15) is 17.5 Å². The molecule has 0 unspecified atom stereocenters. The van der Waals surface area contributed by atoms with E-state index in [2.05, 4.69) is 15.3 Å². The van der Waals surface area contributed by atoms with Crippen LogP contribution in [-0.4, -0.2) is 9.97 Å². The Morgan fingerprint density at radius 2 is 1.87 bits per heavy atom. The van der Waals surface area contributed by atoms with Crippen LogP contribution in [0.15, 0.2) is 36.5 Å². The number of hydrogen-bond acceptors (Lipinski definition) is 5. The Morgan fingerprint density at radius 3 is 2.53 bits per heavy atom. The zero-order valence-corrected chi connectivity index (χ0v) is 8.01. The molecule has 2 heterocycles. The zero-order valence-electron chi connectivity index (χ0n) is 8.01. The van der Waals surface area contributed by atoms with E-state index in [0.29, 0.717) is 23.1 Å². The highest BCUT2D eigenvalue weighted by Gasteiger charge is 1.99. The van der Waals surface area contributed by atoms with Crippen molar-refractivity contribution in [2.75, 3.05) is 16.8 Å². The molecule has 5 N–H and O–H groups in total. The van der Waals surface area contributed by atoms with Crippen LogP contribution in [-0.2, 0) is 0 Å². The Morgan fingerprint density at radius 1 is 1.00 bits per heavy atom. The predicted octanol–water partition coefficient (Wildman–Crippen LogP) is 1.38. The number of nitrogens with two attached hydrogens (primary N) is 2. The second kappa shape index (κ2) is 3.83. The average Bonchev–Trinajstić information content (AvgIpc) is 2.25. The highest BCUT2D eigenvalue weighted by Crippen LogP contribution is 2.17. The summed E-state index contributed by atoms with van der Waals surface area (Å²) >= 11 is 0. The van der Waals surface area contributed by atoms with Gasteiger partial charge in [-0.05, 0) is 24.3 Å². The van der Waals surface area contributed by atoms with E-state index in [1.807, 2.05) is 18.2 Å². The number of aromatic nitrogens is 2. The van der Waals surface area contributed by atoms with Gasteiger partial charge in [0.05, 0.1) is 5.69 Å². The lowest BCUT2D eigenvalue weighted by Gasteiger charge is -2.05. The molecule has 0 saturated carbocycles. The van der Waals surface area contributed by atoms with Gasteiger partial charge in [0.25, 0.3) is 0 Å². The second-order valence-electron chi connectivity index (χ2n) is 3.01. The Hall–Kier alpha value is -2.30. The minimum absolute atomic E-state index is 0.316. The van der Waals surface area contributed by atoms with Gasteiger partial charge < -0.3 is 16.8 Å². The van der Waals surface area contributed by atoms with Crippen LogP contribution in [0.2, 0.25) is 0 Å². The highest BCUT2D eigenvalue weighted by atomic mass is 15.1. The Labute approximate surface area is 87.2 Å². The smallest absolute Gasteiger partial charge is 0.149 e. The molecular formula is C10H11N5. The maximum absolute atomic E-state index is 5.58. The molecule has 2 aromatic heterocycles. The summed E-state index contributed by atoms with van der Waals surface area (Å²) in [4.78, 5) is 8.17. The van der Waals surface area contributed by atoms with Crippen LogP contribution < -0.4 is 16.8 Å². The van der Waals surface area contributed by atoms with Crippen LogP contribution >= 0.6 is 0 Å². The molecule has 0 aliphatic heterocycles. The summed E-state index contributed by atoms with van der Waals surface area (Å²) in [5.41, 5.74) is 11.6. The molecule has 15 heavy (non-hydrogen) atoms. The van der Waals surface area contributed by atoms with Crippen molar-refractivity contribution >= 4 is 23.1 Å². The van der Waals surface area contributed by atoms with Crippen molar-refractivity contribution in [3.05, 3.63) is 36.5 Å². The molecule has 0 radical (unpaired) electrons. The summed E-state index contributed by atoms with van der Waals surface area (Å²) < 4.78 is 0. The molecular weight excluding hydrogens is 190 g/mol. The van der Waals surface area contributed by atoms with Gasteiger partial charge in [0.15, 0.2) is 0 Å². The topological polar surface area (TPSA) is 89.8 Å². The summed E-state index contributed by atoms with van der Waals surface area (Å²) in [5, 5.41) is 3.01. The molecule has 0 aliphatic carbocycles. The first-order valence-electron chi connectivity index (χ1n) is 4.46. The van der Waals surface area contributed by atoms with Gasteiger partial charge in [0.2, 0.25) is 0 Å². The fraction of sp³-hybridized carbons (Fsp3) is 0. The number of nitrogen functional groups attached to an aromatic ring is 2. The number of hydrogen-bond donors (Lipinski definition) is 3.